The Morgan fingerprint density at radius 2 is 1.94 bits per heavy atom. The molecular weight excluding hydrogens is 415 g/mol. The number of carbonyl (C=O) groups is 1. The van der Waals surface area contributed by atoms with Gasteiger partial charge in [0.2, 0.25) is 5.91 Å². The topological polar surface area (TPSA) is 51.2 Å². The van der Waals surface area contributed by atoms with Crippen LogP contribution in [0.5, 0.6) is 5.75 Å². The fourth-order valence-corrected chi connectivity index (χ4v) is 3.75. The smallest absolute Gasteiger partial charge is 0.220 e. The Hall–Kier alpha value is -3.47. The number of hydrogen-bond donors (Lipinski definition) is 1. The number of nitrogens with one attached hydrogen (secondary N) is 1. The molecule has 4 nitrogen and oxygen atoms in total. The summed E-state index contributed by atoms with van der Waals surface area (Å²) in [7, 11) is 1.63. The second-order valence-corrected chi connectivity index (χ2v) is 8.12. The molecule has 0 aliphatic carbocycles. The van der Waals surface area contributed by atoms with E-state index in [4.69, 9.17) is 4.74 Å². The molecule has 1 aromatic heterocycles. The van der Waals surface area contributed by atoms with E-state index in [0.29, 0.717) is 12.8 Å². The zero-order valence-corrected chi connectivity index (χ0v) is 19.3. The molecule has 1 heterocycles. The Labute approximate surface area is 195 Å². The van der Waals surface area contributed by atoms with Gasteiger partial charge in [-0.3, -0.25) is 9.78 Å². The number of amides is 1. The third kappa shape index (κ3) is 7.86. The van der Waals surface area contributed by atoms with Gasteiger partial charge in [-0.15, -0.1) is 0 Å². The Morgan fingerprint density at radius 3 is 2.67 bits per heavy atom. The van der Waals surface area contributed by atoms with Gasteiger partial charge >= 0.3 is 0 Å². The van der Waals surface area contributed by atoms with Crippen LogP contribution in [0.2, 0.25) is 0 Å². The Balaban J connectivity index is 1.57. The largest absolute Gasteiger partial charge is 0.497 e. The number of benzene rings is 2. The molecule has 3 rings (SSSR count). The van der Waals surface area contributed by atoms with Crippen LogP contribution in [0.4, 0.5) is 4.39 Å². The van der Waals surface area contributed by atoms with Crippen molar-refractivity contribution in [3.05, 3.63) is 102 Å². The van der Waals surface area contributed by atoms with Gasteiger partial charge in [-0.1, -0.05) is 36.4 Å². The summed E-state index contributed by atoms with van der Waals surface area (Å²) in [4.78, 5) is 16.6. The van der Waals surface area contributed by atoms with Gasteiger partial charge in [0.15, 0.2) is 0 Å². The number of pyridine rings is 1. The lowest BCUT2D eigenvalue weighted by Gasteiger charge is -2.14. The van der Waals surface area contributed by atoms with Gasteiger partial charge in [-0.25, -0.2) is 4.39 Å². The first-order valence-corrected chi connectivity index (χ1v) is 11.3. The standard InChI is InChI=1S/C28H31FN2O2/c1-21(7-3-8-22-9-6-18-30-20-22)31-28(32)13-5-12-27(23-14-16-25(29)17-15-23)24-10-4-11-26(19-24)33-2/h4,6,9-12,14-21H,3,5,7-8,13H2,1-2H3,(H,31,32)/b27-12-. The van der Waals surface area contributed by atoms with E-state index in [2.05, 4.69) is 16.4 Å². The molecule has 0 saturated heterocycles. The van der Waals surface area contributed by atoms with Crippen molar-refractivity contribution >= 4 is 11.5 Å². The van der Waals surface area contributed by atoms with Crippen molar-refractivity contribution in [2.75, 3.05) is 7.11 Å². The lowest BCUT2D eigenvalue weighted by Crippen LogP contribution is -2.32. The van der Waals surface area contributed by atoms with Gasteiger partial charge < -0.3 is 10.1 Å². The highest BCUT2D eigenvalue weighted by Crippen LogP contribution is 2.27. The average molecular weight is 447 g/mol. The van der Waals surface area contributed by atoms with E-state index in [0.717, 1.165) is 41.7 Å². The zero-order chi connectivity index (χ0) is 23.5. The van der Waals surface area contributed by atoms with Crippen LogP contribution in [0.3, 0.4) is 0 Å². The summed E-state index contributed by atoms with van der Waals surface area (Å²) in [6.45, 7) is 2.04. The molecule has 33 heavy (non-hydrogen) atoms. The lowest BCUT2D eigenvalue weighted by molar-refractivity contribution is -0.121. The number of nitrogens with zero attached hydrogens (tertiary/aromatic N) is 1. The number of rotatable bonds is 11. The number of methoxy groups -OCH3 is 1. The molecule has 0 aliphatic heterocycles. The minimum Gasteiger partial charge on any atom is -0.497 e. The van der Waals surface area contributed by atoms with Crippen LogP contribution in [-0.4, -0.2) is 24.0 Å². The Morgan fingerprint density at radius 1 is 1.12 bits per heavy atom. The molecule has 0 aliphatic rings. The molecule has 1 atom stereocenters. The van der Waals surface area contributed by atoms with E-state index in [9.17, 15) is 9.18 Å². The molecule has 0 fully saturated rings. The predicted molar refractivity (Wildman–Crippen MR) is 130 cm³/mol. The predicted octanol–water partition coefficient (Wildman–Crippen LogP) is 5.97. The van der Waals surface area contributed by atoms with E-state index < -0.39 is 0 Å². The maximum absolute atomic E-state index is 13.4. The molecule has 0 radical (unpaired) electrons. The third-order valence-electron chi connectivity index (χ3n) is 5.49. The summed E-state index contributed by atoms with van der Waals surface area (Å²) in [5.74, 6) is 0.503. The van der Waals surface area contributed by atoms with Crippen LogP contribution in [0, 0.1) is 5.82 Å². The fourth-order valence-electron chi connectivity index (χ4n) is 3.75. The van der Waals surface area contributed by atoms with E-state index >= 15 is 0 Å². The van der Waals surface area contributed by atoms with E-state index in [1.165, 1.54) is 17.7 Å². The average Bonchev–Trinajstić information content (AvgIpc) is 2.83. The summed E-state index contributed by atoms with van der Waals surface area (Å²) in [5, 5.41) is 3.09. The van der Waals surface area contributed by atoms with Gasteiger partial charge in [-0.05, 0) is 85.2 Å². The second kappa shape index (κ2) is 12.5. The molecule has 0 saturated carbocycles. The second-order valence-electron chi connectivity index (χ2n) is 8.12. The van der Waals surface area contributed by atoms with Gasteiger partial charge in [0.05, 0.1) is 7.11 Å². The Kier molecular flexibility index (Phi) is 9.19. The lowest BCUT2D eigenvalue weighted by atomic mass is 9.96. The monoisotopic (exact) mass is 446 g/mol. The molecule has 3 aromatic rings. The van der Waals surface area contributed by atoms with Gasteiger partial charge in [0, 0.05) is 24.9 Å². The Bertz CT molecular complexity index is 1050. The molecule has 5 heteroatoms. The van der Waals surface area contributed by atoms with Crippen molar-refractivity contribution in [1.82, 2.24) is 10.3 Å². The van der Waals surface area contributed by atoms with E-state index in [1.54, 1.807) is 25.4 Å². The van der Waals surface area contributed by atoms with Crippen molar-refractivity contribution in [3.63, 3.8) is 0 Å². The summed E-state index contributed by atoms with van der Waals surface area (Å²) in [6.07, 6.45) is 9.54. The van der Waals surface area contributed by atoms with Gasteiger partial charge in [-0.2, -0.15) is 0 Å². The summed E-state index contributed by atoms with van der Waals surface area (Å²) in [5.41, 5.74) is 4.03. The molecule has 0 bridgehead atoms. The van der Waals surface area contributed by atoms with Crippen LogP contribution in [0.15, 0.2) is 79.1 Å². The van der Waals surface area contributed by atoms with E-state index in [-0.39, 0.29) is 17.8 Å². The molecule has 172 valence electrons. The number of hydrogen-bond acceptors (Lipinski definition) is 3. The number of halogens is 1. The third-order valence-corrected chi connectivity index (χ3v) is 5.49. The maximum atomic E-state index is 13.4. The van der Waals surface area contributed by atoms with E-state index in [1.807, 2.05) is 49.5 Å². The number of ether oxygens (including phenoxy) is 1. The van der Waals surface area contributed by atoms with Crippen molar-refractivity contribution in [2.24, 2.45) is 0 Å². The number of aryl methyl sites for hydroxylation is 1. The zero-order valence-electron chi connectivity index (χ0n) is 19.3. The summed E-state index contributed by atoms with van der Waals surface area (Å²) < 4.78 is 18.8. The van der Waals surface area contributed by atoms with Crippen LogP contribution in [0.1, 0.15) is 49.3 Å². The van der Waals surface area contributed by atoms with Crippen LogP contribution in [0.25, 0.3) is 5.57 Å². The number of aromatic nitrogens is 1. The highest BCUT2D eigenvalue weighted by molar-refractivity contribution is 5.81. The normalized spacial score (nSPS) is 12.3. The molecule has 1 N–H and O–H groups in total. The first kappa shape index (κ1) is 24.2. The minimum absolute atomic E-state index is 0.0317. The molecule has 0 spiro atoms. The van der Waals surface area contributed by atoms with Gasteiger partial charge in [0.1, 0.15) is 11.6 Å². The summed E-state index contributed by atoms with van der Waals surface area (Å²) >= 11 is 0. The van der Waals surface area contributed by atoms with Crippen molar-refractivity contribution < 1.29 is 13.9 Å². The molecule has 1 unspecified atom stereocenters. The number of allylic oxidation sites excluding steroid dienone is 1. The SMILES string of the molecule is COc1cccc(/C(=C\CCC(=O)NC(C)CCCc2cccnc2)c2ccc(F)cc2)c1. The minimum atomic E-state index is -0.277. The number of carbonyl (C=O) groups excluding carboxylic acids is 1. The quantitative estimate of drug-likeness (QED) is 0.395. The van der Waals surface area contributed by atoms with Crippen molar-refractivity contribution in [2.45, 2.75) is 45.1 Å². The fraction of sp³-hybridized carbons (Fsp3) is 0.286. The highest BCUT2D eigenvalue weighted by Gasteiger charge is 2.10. The van der Waals surface area contributed by atoms with Crippen molar-refractivity contribution in [1.29, 1.82) is 0 Å². The summed E-state index contributed by atoms with van der Waals surface area (Å²) in [6, 6.07) is 18.3. The first-order valence-electron chi connectivity index (χ1n) is 11.3. The van der Waals surface area contributed by atoms with Crippen LogP contribution >= 0.6 is 0 Å². The highest BCUT2D eigenvalue weighted by atomic mass is 19.1. The molecule has 1 amide bonds. The van der Waals surface area contributed by atoms with Crippen LogP contribution < -0.4 is 10.1 Å². The first-order chi connectivity index (χ1) is 16.0. The van der Waals surface area contributed by atoms with Crippen LogP contribution in [-0.2, 0) is 11.2 Å². The van der Waals surface area contributed by atoms with Crippen molar-refractivity contribution in [3.8, 4) is 5.75 Å². The van der Waals surface area contributed by atoms with Gasteiger partial charge in [0.25, 0.3) is 0 Å². The molecule has 2 aromatic carbocycles. The maximum Gasteiger partial charge on any atom is 0.220 e. The molecular formula is C28H31FN2O2.